The molecule has 0 aliphatic carbocycles. The van der Waals surface area contributed by atoms with Crippen molar-refractivity contribution in [2.75, 3.05) is 113 Å². The Balaban J connectivity index is 0. The Morgan fingerprint density at radius 1 is 0.461 bits per heavy atom. The number of nitrogens with one attached hydrogen (secondary N) is 3. The summed E-state index contributed by atoms with van der Waals surface area (Å²) in [5, 5.41) is 15.6. The van der Waals surface area contributed by atoms with E-state index in [0.717, 1.165) is 25.7 Å². The molecule has 19 heteroatoms. The molecule has 448 valence electrons. The fourth-order valence-corrected chi connectivity index (χ4v) is 7.29. The van der Waals surface area contributed by atoms with Crippen molar-refractivity contribution in [3.05, 3.63) is 24.3 Å². The molecular formula is C57H106F3N3O13. The van der Waals surface area contributed by atoms with Crippen molar-refractivity contribution in [1.82, 2.24) is 16.0 Å². The van der Waals surface area contributed by atoms with Crippen molar-refractivity contribution in [1.29, 1.82) is 0 Å². The van der Waals surface area contributed by atoms with Gasteiger partial charge in [0.15, 0.2) is 0 Å². The summed E-state index contributed by atoms with van der Waals surface area (Å²) in [5.41, 5.74) is 0. The van der Waals surface area contributed by atoms with E-state index in [4.69, 9.17) is 47.8 Å². The lowest BCUT2D eigenvalue weighted by Crippen LogP contribution is -2.33. The van der Waals surface area contributed by atoms with Crippen LogP contribution in [-0.4, -0.2) is 154 Å². The Morgan fingerprint density at radius 3 is 1.34 bits per heavy atom. The first-order chi connectivity index (χ1) is 37.0. The molecule has 1 unspecified atom stereocenters. The fourth-order valence-electron chi connectivity index (χ4n) is 7.29. The molecule has 0 rings (SSSR count). The monoisotopic (exact) mass is 1100 g/mol. The maximum atomic E-state index is 12.5. The van der Waals surface area contributed by atoms with Gasteiger partial charge in [-0.3, -0.25) is 9.59 Å². The average molecular weight is 1100 g/mol. The molecule has 76 heavy (non-hydrogen) atoms. The molecule has 0 radical (unpaired) electrons. The molecule has 0 fully saturated rings. The standard InChI is InChI=1S/C55H105N3O11.C2HF3O2/c1-4-6-8-10-12-14-16-18-20-22-24-26-28-30-32-34-39-65-50-52(66-40-35-33-31-29-27-25-23-21-19-17-15-13-11-9-7-5-2)51-69-55(61)58-38-42-63-44-45-64-46-47-68-54(60)49-57-37-43-67-53(59)48-56-36-41-62-3;3-2(4,5)1(6)7/h18-21,52,56-57H,4-17,22-51H2,1-3H3,(H,58,61);(H,6,7)/b20-18-,21-19-;. The maximum absolute atomic E-state index is 12.5. The van der Waals surface area contributed by atoms with Crippen LogP contribution in [0, 0.1) is 0 Å². The van der Waals surface area contributed by atoms with E-state index in [1.165, 1.54) is 154 Å². The molecule has 1 atom stereocenters. The third-order valence-electron chi connectivity index (χ3n) is 11.7. The number of hydrogen-bond donors (Lipinski definition) is 4. The number of esters is 2. The van der Waals surface area contributed by atoms with Gasteiger partial charge in [-0.2, -0.15) is 13.2 Å². The van der Waals surface area contributed by atoms with E-state index in [0.29, 0.717) is 65.9 Å². The number of carboxylic acid groups (broad SMARTS) is 1. The highest BCUT2D eigenvalue weighted by Gasteiger charge is 2.38. The zero-order valence-corrected chi connectivity index (χ0v) is 47.5. The lowest BCUT2D eigenvalue weighted by molar-refractivity contribution is -0.192. The number of halogens is 3. The number of carbonyl (C=O) groups excluding carboxylic acids is 3. The molecule has 0 aliphatic rings. The van der Waals surface area contributed by atoms with Gasteiger partial charge in [-0.15, -0.1) is 0 Å². The molecule has 1 amide bonds. The molecule has 0 heterocycles. The Hall–Kier alpha value is -3.33. The number of ether oxygens (including phenoxy) is 8. The van der Waals surface area contributed by atoms with Crippen LogP contribution in [0.15, 0.2) is 24.3 Å². The second kappa shape index (κ2) is 60.9. The van der Waals surface area contributed by atoms with E-state index in [1.54, 1.807) is 7.11 Å². The van der Waals surface area contributed by atoms with Gasteiger partial charge in [0.1, 0.15) is 25.9 Å². The first kappa shape index (κ1) is 74.7. The number of aliphatic carboxylic acids is 1. The van der Waals surface area contributed by atoms with Crippen molar-refractivity contribution < 1.29 is 75.4 Å². The van der Waals surface area contributed by atoms with Crippen LogP contribution >= 0.6 is 0 Å². The highest BCUT2D eigenvalue weighted by molar-refractivity contribution is 5.73. The highest BCUT2D eigenvalue weighted by Crippen LogP contribution is 2.14. The third kappa shape index (κ3) is 63.2. The topological polar surface area (TPSA) is 198 Å². The summed E-state index contributed by atoms with van der Waals surface area (Å²) < 4.78 is 75.5. The number of rotatable bonds is 56. The summed E-state index contributed by atoms with van der Waals surface area (Å²) in [5.74, 6) is -3.55. The van der Waals surface area contributed by atoms with Gasteiger partial charge in [-0.1, -0.05) is 154 Å². The molecule has 0 bridgehead atoms. The van der Waals surface area contributed by atoms with E-state index in [9.17, 15) is 27.6 Å². The molecule has 0 aromatic carbocycles. The van der Waals surface area contributed by atoms with Gasteiger partial charge in [0, 0.05) is 40.0 Å². The van der Waals surface area contributed by atoms with Crippen LogP contribution in [0.3, 0.4) is 0 Å². The van der Waals surface area contributed by atoms with Crippen molar-refractivity contribution in [2.45, 2.75) is 206 Å². The van der Waals surface area contributed by atoms with Crippen LogP contribution in [-0.2, 0) is 52.3 Å². The molecule has 0 saturated carbocycles. The Kier molecular flexibility index (Phi) is 59.9. The van der Waals surface area contributed by atoms with Gasteiger partial charge < -0.3 is 59.0 Å². The predicted molar refractivity (Wildman–Crippen MR) is 294 cm³/mol. The van der Waals surface area contributed by atoms with E-state index < -0.39 is 24.2 Å². The van der Waals surface area contributed by atoms with Crippen molar-refractivity contribution >= 4 is 24.0 Å². The molecule has 0 spiro atoms. The van der Waals surface area contributed by atoms with Crippen molar-refractivity contribution in [2.24, 2.45) is 0 Å². The zero-order chi connectivity index (χ0) is 56.1. The van der Waals surface area contributed by atoms with Gasteiger partial charge in [-0.25, -0.2) is 9.59 Å². The van der Waals surface area contributed by atoms with Gasteiger partial charge in [-0.05, 0) is 64.2 Å². The Morgan fingerprint density at radius 2 is 0.868 bits per heavy atom. The fraction of sp³-hybridized carbons (Fsp3) is 0.860. The van der Waals surface area contributed by atoms with Crippen LogP contribution in [0.1, 0.15) is 194 Å². The number of unbranched alkanes of at least 4 members (excludes halogenated alkanes) is 24. The molecule has 0 aromatic rings. The molecular weight excluding hydrogens is 992 g/mol. The number of carbonyl (C=O) groups is 4. The number of allylic oxidation sites excluding steroid dienone is 4. The van der Waals surface area contributed by atoms with Crippen LogP contribution in [0.4, 0.5) is 18.0 Å². The van der Waals surface area contributed by atoms with Crippen molar-refractivity contribution in [3.8, 4) is 0 Å². The lowest BCUT2D eigenvalue weighted by Gasteiger charge is -2.18. The minimum absolute atomic E-state index is 0.0000711. The van der Waals surface area contributed by atoms with Crippen LogP contribution in [0.25, 0.3) is 0 Å². The minimum atomic E-state index is -5.08. The first-order valence-electron chi connectivity index (χ1n) is 29.0. The highest BCUT2D eigenvalue weighted by atomic mass is 19.4. The van der Waals surface area contributed by atoms with E-state index in [2.05, 4.69) is 54.1 Å². The normalized spacial score (nSPS) is 12.0. The largest absolute Gasteiger partial charge is 0.490 e. The molecule has 4 N–H and O–H groups in total. The molecule has 16 nitrogen and oxygen atoms in total. The van der Waals surface area contributed by atoms with E-state index >= 15 is 0 Å². The van der Waals surface area contributed by atoms with Crippen LogP contribution in [0.5, 0.6) is 0 Å². The van der Waals surface area contributed by atoms with Crippen molar-refractivity contribution in [3.63, 3.8) is 0 Å². The van der Waals surface area contributed by atoms with Crippen LogP contribution in [0.2, 0.25) is 0 Å². The Labute approximate surface area is 456 Å². The predicted octanol–water partition coefficient (Wildman–Crippen LogP) is 11.8. The van der Waals surface area contributed by atoms with Crippen LogP contribution < -0.4 is 16.0 Å². The number of methoxy groups -OCH3 is 1. The number of alkyl carbamates (subject to hydrolysis) is 1. The molecule has 0 aliphatic heterocycles. The quantitative estimate of drug-likeness (QED) is 0.0194. The second-order valence-electron chi connectivity index (χ2n) is 18.8. The Bertz CT molecular complexity index is 1350. The third-order valence-corrected chi connectivity index (χ3v) is 11.7. The SMILES string of the molecule is CCCCCCCC/C=C\CCCCCCCCOCC(COC(=O)NCCOCCOCCOC(=O)CNCCOC(=O)CNCCOC)OCCCCCCCC/C=C\CCCCCCCC.O=C(O)C(F)(F)F. The minimum Gasteiger partial charge on any atom is -0.475 e. The summed E-state index contributed by atoms with van der Waals surface area (Å²) in [4.78, 5) is 44.8. The summed E-state index contributed by atoms with van der Waals surface area (Å²) >= 11 is 0. The smallest absolute Gasteiger partial charge is 0.475 e. The van der Waals surface area contributed by atoms with Gasteiger partial charge >= 0.3 is 30.2 Å². The van der Waals surface area contributed by atoms with Gasteiger partial charge in [0.2, 0.25) is 0 Å². The number of amides is 1. The lowest BCUT2D eigenvalue weighted by atomic mass is 10.1. The molecule has 0 aromatic heterocycles. The number of hydrogen-bond acceptors (Lipinski definition) is 14. The van der Waals surface area contributed by atoms with Gasteiger partial charge in [0.05, 0.1) is 52.7 Å². The zero-order valence-electron chi connectivity index (χ0n) is 47.5. The average Bonchev–Trinajstić information content (AvgIpc) is 3.39. The summed E-state index contributed by atoms with van der Waals surface area (Å²) in [6.45, 7) is 9.62. The summed E-state index contributed by atoms with van der Waals surface area (Å²) in [7, 11) is 1.59. The molecule has 0 saturated heterocycles. The van der Waals surface area contributed by atoms with Gasteiger partial charge in [0.25, 0.3) is 0 Å². The summed E-state index contributed by atoms with van der Waals surface area (Å²) in [6.07, 6.45) is 39.1. The summed E-state index contributed by atoms with van der Waals surface area (Å²) in [6, 6.07) is 0. The number of carboxylic acids is 1. The van der Waals surface area contributed by atoms with E-state index in [1.807, 2.05) is 0 Å². The number of alkyl halides is 3. The first-order valence-corrected chi connectivity index (χ1v) is 29.0. The maximum Gasteiger partial charge on any atom is 0.490 e. The second-order valence-corrected chi connectivity index (χ2v) is 18.8. The van der Waals surface area contributed by atoms with E-state index in [-0.39, 0.29) is 51.6 Å².